The summed E-state index contributed by atoms with van der Waals surface area (Å²) in [6, 6.07) is 0. The van der Waals surface area contributed by atoms with Gasteiger partial charge in [0.2, 0.25) is 5.91 Å². The number of aryl methyl sites for hydroxylation is 1. The molecule has 0 fully saturated rings. The predicted molar refractivity (Wildman–Crippen MR) is 62.6 cm³/mol. The van der Waals surface area contributed by atoms with E-state index in [4.69, 9.17) is 0 Å². The maximum Gasteiger partial charge on any atom is 0.222 e. The number of nitrogens with zero attached hydrogens (tertiary/aromatic N) is 4. The number of hydrogen-bond acceptors (Lipinski definition) is 4. The standard InChI is InChI=1S/C11H18N4O2/c1-3-14(4-2)11(17)6-5-7-15-8-10(9-16)12-13-15/h8-9H,3-7H2,1-2H3. The summed E-state index contributed by atoms with van der Waals surface area (Å²) in [6.45, 7) is 6.03. The number of carbonyl (C=O) groups excluding carboxylic acids is 2. The highest BCUT2D eigenvalue weighted by atomic mass is 16.2. The third kappa shape index (κ3) is 3.97. The molecule has 0 saturated heterocycles. The lowest BCUT2D eigenvalue weighted by Crippen LogP contribution is -2.30. The van der Waals surface area contributed by atoms with Crippen molar-refractivity contribution in [1.82, 2.24) is 19.9 Å². The summed E-state index contributed by atoms with van der Waals surface area (Å²) in [6.07, 6.45) is 3.44. The Morgan fingerprint density at radius 3 is 2.71 bits per heavy atom. The smallest absolute Gasteiger partial charge is 0.222 e. The molecule has 94 valence electrons. The minimum absolute atomic E-state index is 0.158. The number of aromatic nitrogens is 3. The predicted octanol–water partition coefficient (Wildman–Crippen LogP) is 0.739. The maximum absolute atomic E-state index is 11.7. The third-order valence-corrected chi connectivity index (χ3v) is 2.57. The van der Waals surface area contributed by atoms with Crippen molar-refractivity contribution in [3.63, 3.8) is 0 Å². The van der Waals surface area contributed by atoms with Gasteiger partial charge in [-0.2, -0.15) is 0 Å². The third-order valence-electron chi connectivity index (χ3n) is 2.57. The monoisotopic (exact) mass is 238 g/mol. The van der Waals surface area contributed by atoms with Gasteiger partial charge in [-0.1, -0.05) is 5.21 Å². The number of amides is 1. The molecule has 0 aliphatic rings. The van der Waals surface area contributed by atoms with Crippen LogP contribution in [0.5, 0.6) is 0 Å². The molecule has 17 heavy (non-hydrogen) atoms. The Balaban J connectivity index is 2.32. The second kappa shape index (κ2) is 6.78. The molecule has 0 N–H and O–H groups in total. The highest BCUT2D eigenvalue weighted by Crippen LogP contribution is 2.00. The summed E-state index contributed by atoms with van der Waals surface area (Å²) in [4.78, 5) is 23.9. The molecule has 6 heteroatoms. The van der Waals surface area contributed by atoms with Crippen LogP contribution in [0.25, 0.3) is 0 Å². The molecule has 0 aromatic carbocycles. The highest BCUT2D eigenvalue weighted by Gasteiger charge is 2.08. The van der Waals surface area contributed by atoms with Crippen LogP contribution in [-0.4, -0.2) is 45.2 Å². The molecule has 0 saturated carbocycles. The van der Waals surface area contributed by atoms with E-state index in [2.05, 4.69) is 10.3 Å². The van der Waals surface area contributed by atoms with E-state index < -0.39 is 0 Å². The Morgan fingerprint density at radius 2 is 2.18 bits per heavy atom. The molecule has 0 spiro atoms. The van der Waals surface area contributed by atoms with Crippen molar-refractivity contribution in [3.8, 4) is 0 Å². The van der Waals surface area contributed by atoms with Crippen LogP contribution in [0.4, 0.5) is 0 Å². The molecule has 1 rings (SSSR count). The van der Waals surface area contributed by atoms with Gasteiger partial charge in [0.15, 0.2) is 6.29 Å². The topological polar surface area (TPSA) is 68.1 Å². The van der Waals surface area contributed by atoms with Crippen molar-refractivity contribution in [2.24, 2.45) is 0 Å². The van der Waals surface area contributed by atoms with Gasteiger partial charge < -0.3 is 4.90 Å². The van der Waals surface area contributed by atoms with Gasteiger partial charge in [-0.3, -0.25) is 14.3 Å². The lowest BCUT2D eigenvalue weighted by Gasteiger charge is -2.18. The van der Waals surface area contributed by atoms with Crippen LogP contribution in [0.2, 0.25) is 0 Å². The molecule has 0 radical (unpaired) electrons. The van der Waals surface area contributed by atoms with Gasteiger partial charge in [0.05, 0.1) is 6.20 Å². The molecule has 1 aromatic heterocycles. The van der Waals surface area contributed by atoms with Gasteiger partial charge in [0.1, 0.15) is 5.69 Å². The fourth-order valence-electron chi connectivity index (χ4n) is 1.60. The van der Waals surface area contributed by atoms with Gasteiger partial charge in [0, 0.05) is 26.1 Å². The van der Waals surface area contributed by atoms with Crippen molar-refractivity contribution in [1.29, 1.82) is 0 Å². The minimum atomic E-state index is 0.158. The Kier molecular flexibility index (Phi) is 5.32. The summed E-state index contributed by atoms with van der Waals surface area (Å²) in [7, 11) is 0. The zero-order valence-corrected chi connectivity index (χ0v) is 10.3. The first kappa shape index (κ1) is 13.3. The molecule has 0 aliphatic carbocycles. The molecule has 0 atom stereocenters. The second-order valence-electron chi connectivity index (χ2n) is 3.69. The maximum atomic E-state index is 11.7. The first-order chi connectivity index (χ1) is 8.21. The Hall–Kier alpha value is -1.72. The summed E-state index contributed by atoms with van der Waals surface area (Å²) >= 11 is 0. The minimum Gasteiger partial charge on any atom is -0.343 e. The van der Waals surface area contributed by atoms with Gasteiger partial charge in [-0.05, 0) is 20.3 Å². The van der Waals surface area contributed by atoms with Crippen molar-refractivity contribution in [3.05, 3.63) is 11.9 Å². The van der Waals surface area contributed by atoms with Gasteiger partial charge in [-0.15, -0.1) is 5.10 Å². The second-order valence-corrected chi connectivity index (χ2v) is 3.69. The molecule has 1 amide bonds. The molecular formula is C11H18N4O2. The molecular weight excluding hydrogens is 220 g/mol. The van der Waals surface area contributed by atoms with E-state index in [9.17, 15) is 9.59 Å². The van der Waals surface area contributed by atoms with Gasteiger partial charge in [-0.25, -0.2) is 0 Å². The van der Waals surface area contributed by atoms with Crippen molar-refractivity contribution in [2.45, 2.75) is 33.2 Å². The quantitative estimate of drug-likeness (QED) is 0.657. The van der Waals surface area contributed by atoms with E-state index in [0.29, 0.717) is 31.4 Å². The van der Waals surface area contributed by atoms with Crippen molar-refractivity contribution in [2.75, 3.05) is 13.1 Å². The van der Waals surface area contributed by atoms with E-state index in [-0.39, 0.29) is 5.91 Å². The molecule has 1 aromatic rings. The van der Waals surface area contributed by atoms with Crippen LogP contribution < -0.4 is 0 Å². The average Bonchev–Trinajstić information content (AvgIpc) is 2.78. The lowest BCUT2D eigenvalue weighted by atomic mass is 10.2. The number of carbonyl (C=O) groups is 2. The van der Waals surface area contributed by atoms with E-state index >= 15 is 0 Å². The number of aldehydes is 1. The zero-order valence-electron chi connectivity index (χ0n) is 10.3. The molecule has 0 unspecified atom stereocenters. The summed E-state index contributed by atoms with van der Waals surface area (Å²) in [5, 5.41) is 7.43. The largest absolute Gasteiger partial charge is 0.343 e. The van der Waals surface area contributed by atoms with Crippen LogP contribution in [0.15, 0.2) is 6.20 Å². The van der Waals surface area contributed by atoms with E-state index in [1.807, 2.05) is 13.8 Å². The molecule has 0 aliphatic heterocycles. The van der Waals surface area contributed by atoms with Crippen LogP contribution in [0.1, 0.15) is 37.2 Å². The molecule has 1 heterocycles. The first-order valence-corrected chi connectivity index (χ1v) is 5.84. The van der Waals surface area contributed by atoms with Crippen LogP contribution in [0.3, 0.4) is 0 Å². The zero-order chi connectivity index (χ0) is 12.7. The SMILES string of the molecule is CCN(CC)C(=O)CCCn1cc(C=O)nn1. The van der Waals surface area contributed by atoms with Crippen LogP contribution >= 0.6 is 0 Å². The van der Waals surface area contributed by atoms with Crippen molar-refractivity contribution < 1.29 is 9.59 Å². The van der Waals surface area contributed by atoms with Gasteiger partial charge in [0.25, 0.3) is 0 Å². The summed E-state index contributed by atoms with van der Waals surface area (Å²) in [5.41, 5.74) is 0.320. The van der Waals surface area contributed by atoms with Crippen LogP contribution in [-0.2, 0) is 11.3 Å². The molecule has 0 bridgehead atoms. The van der Waals surface area contributed by atoms with E-state index in [1.165, 1.54) is 0 Å². The lowest BCUT2D eigenvalue weighted by molar-refractivity contribution is -0.130. The normalized spacial score (nSPS) is 10.2. The Bertz CT molecular complexity index is 371. The van der Waals surface area contributed by atoms with Crippen molar-refractivity contribution >= 4 is 12.2 Å². The molecule has 6 nitrogen and oxygen atoms in total. The Labute approximate surface area is 101 Å². The average molecular weight is 238 g/mol. The number of hydrogen-bond donors (Lipinski definition) is 0. The Morgan fingerprint density at radius 1 is 1.47 bits per heavy atom. The summed E-state index contributed by atoms with van der Waals surface area (Å²) < 4.78 is 1.58. The van der Waals surface area contributed by atoms with Gasteiger partial charge >= 0.3 is 0 Å². The summed E-state index contributed by atoms with van der Waals surface area (Å²) in [5.74, 6) is 0.158. The highest BCUT2D eigenvalue weighted by molar-refractivity contribution is 5.76. The van der Waals surface area contributed by atoms with E-state index in [0.717, 1.165) is 13.1 Å². The number of rotatable bonds is 7. The first-order valence-electron chi connectivity index (χ1n) is 5.84. The van der Waals surface area contributed by atoms with E-state index in [1.54, 1.807) is 15.8 Å². The fourth-order valence-corrected chi connectivity index (χ4v) is 1.60. The fraction of sp³-hybridized carbons (Fsp3) is 0.636. The van der Waals surface area contributed by atoms with Crippen LogP contribution in [0, 0.1) is 0 Å².